The fourth-order valence-corrected chi connectivity index (χ4v) is 2.74. The van der Waals surface area contributed by atoms with Gasteiger partial charge in [0, 0.05) is 19.3 Å². The van der Waals surface area contributed by atoms with Crippen LogP contribution in [0.5, 0.6) is 0 Å². The van der Waals surface area contributed by atoms with E-state index in [-0.39, 0.29) is 0 Å². The molecule has 0 atom stereocenters. The molecule has 0 amide bonds. The Kier molecular flexibility index (Phi) is 3.47. The third kappa shape index (κ3) is 2.47. The highest BCUT2D eigenvalue weighted by atomic mass is 15.2. The predicted octanol–water partition coefficient (Wildman–Crippen LogP) is 2.15. The molecule has 1 aromatic carbocycles. The van der Waals surface area contributed by atoms with Gasteiger partial charge in [-0.2, -0.15) is 0 Å². The minimum absolute atomic E-state index is 0.670. The molecule has 98 valence electrons. The van der Waals surface area contributed by atoms with Crippen LogP contribution in [0, 0.1) is 0 Å². The molecule has 3 rings (SSSR count). The van der Waals surface area contributed by atoms with E-state index < -0.39 is 0 Å². The summed E-state index contributed by atoms with van der Waals surface area (Å²) in [5.41, 5.74) is 9.83. The molecule has 2 heterocycles. The molecule has 3 heteroatoms. The zero-order valence-corrected chi connectivity index (χ0v) is 11.0. The Morgan fingerprint density at radius 2 is 1.95 bits per heavy atom. The quantitative estimate of drug-likeness (QED) is 0.911. The summed E-state index contributed by atoms with van der Waals surface area (Å²) in [7, 11) is 0. The molecule has 0 bridgehead atoms. The third-order valence-electron chi connectivity index (χ3n) is 3.71. The summed E-state index contributed by atoms with van der Waals surface area (Å²) in [6, 6.07) is 12.8. The van der Waals surface area contributed by atoms with Gasteiger partial charge >= 0.3 is 0 Å². The monoisotopic (exact) mass is 253 g/mol. The van der Waals surface area contributed by atoms with Crippen LogP contribution in [0.2, 0.25) is 0 Å². The largest absolute Gasteiger partial charge is 0.352 e. The first-order chi connectivity index (χ1) is 9.38. The van der Waals surface area contributed by atoms with Crippen molar-refractivity contribution in [3.63, 3.8) is 0 Å². The number of pyridine rings is 1. The second-order valence-corrected chi connectivity index (χ2v) is 4.97. The van der Waals surface area contributed by atoms with Gasteiger partial charge in [0.1, 0.15) is 5.82 Å². The van der Waals surface area contributed by atoms with Gasteiger partial charge in [-0.25, -0.2) is 4.98 Å². The van der Waals surface area contributed by atoms with Crippen LogP contribution in [0.1, 0.15) is 16.7 Å². The molecular formula is C16H19N3. The minimum Gasteiger partial charge on any atom is -0.352 e. The van der Waals surface area contributed by atoms with Crippen molar-refractivity contribution in [1.82, 2.24) is 4.98 Å². The maximum atomic E-state index is 5.69. The number of anilines is 1. The van der Waals surface area contributed by atoms with E-state index in [1.807, 2.05) is 12.3 Å². The van der Waals surface area contributed by atoms with E-state index in [0.717, 1.165) is 31.7 Å². The highest BCUT2D eigenvalue weighted by Gasteiger charge is 2.18. The number of rotatable bonds is 3. The van der Waals surface area contributed by atoms with Gasteiger partial charge in [-0.3, -0.25) is 0 Å². The van der Waals surface area contributed by atoms with Gasteiger partial charge in [0.05, 0.1) is 0 Å². The van der Waals surface area contributed by atoms with Crippen molar-refractivity contribution in [2.24, 2.45) is 5.73 Å². The number of fused-ring (bicyclic) bond motifs is 1. The average Bonchev–Trinajstić information content (AvgIpc) is 2.48. The average molecular weight is 253 g/mol. The smallest absolute Gasteiger partial charge is 0.132 e. The fraction of sp³-hybridized carbons (Fsp3) is 0.312. The van der Waals surface area contributed by atoms with Crippen molar-refractivity contribution in [3.05, 3.63) is 59.3 Å². The molecule has 0 radical (unpaired) electrons. The Hall–Kier alpha value is -1.87. The molecule has 1 aromatic heterocycles. The van der Waals surface area contributed by atoms with E-state index in [2.05, 4.69) is 40.2 Å². The highest BCUT2D eigenvalue weighted by Crippen LogP contribution is 2.25. The lowest BCUT2D eigenvalue weighted by molar-refractivity contribution is 0.714. The van der Waals surface area contributed by atoms with Crippen molar-refractivity contribution in [2.75, 3.05) is 18.0 Å². The molecule has 0 unspecified atom stereocenters. The summed E-state index contributed by atoms with van der Waals surface area (Å²) in [5.74, 6) is 1.10. The van der Waals surface area contributed by atoms with Gasteiger partial charge in [0.15, 0.2) is 0 Å². The molecule has 2 aromatic rings. The second-order valence-electron chi connectivity index (χ2n) is 4.97. The molecular weight excluding hydrogens is 234 g/mol. The minimum atomic E-state index is 0.670. The first-order valence-electron chi connectivity index (χ1n) is 6.84. The first kappa shape index (κ1) is 12.2. The highest BCUT2D eigenvalue weighted by molar-refractivity contribution is 5.50. The lowest BCUT2D eigenvalue weighted by Gasteiger charge is -2.31. The summed E-state index contributed by atoms with van der Waals surface area (Å²) in [4.78, 5) is 6.93. The molecule has 3 nitrogen and oxygen atoms in total. The molecule has 0 aliphatic carbocycles. The molecule has 19 heavy (non-hydrogen) atoms. The fourth-order valence-electron chi connectivity index (χ4n) is 2.74. The maximum absolute atomic E-state index is 5.69. The molecule has 1 aliphatic heterocycles. The molecule has 0 spiro atoms. The standard InChI is InChI=1S/C16H19N3/c17-9-7-14-6-3-10-18-16(14)19-11-8-13-4-1-2-5-15(13)12-19/h1-6,10H,7-9,11-12,17H2. The van der Waals surface area contributed by atoms with Gasteiger partial charge in [0.25, 0.3) is 0 Å². The summed E-state index contributed by atoms with van der Waals surface area (Å²) in [6.07, 6.45) is 3.85. The third-order valence-corrected chi connectivity index (χ3v) is 3.71. The zero-order valence-electron chi connectivity index (χ0n) is 11.0. The number of aromatic nitrogens is 1. The second kappa shape index (κ2) is 5.41. The molecule has 0 saturated heterocycles. The summed E-state index contributed by atoms with van der Waals surface area (Å²) < 4.78 is 0. The van der Waals surface area contributed by atoms with E-state index in [0.29, 0.717) is 6.54 Å². The van der Waals surface area contributed by atoms with Crippen LogP contribution < -0.4 is 10.6 Å². The lowest BCUT2D eigenvalue weighted by atomic mass is 9.99. The van der Waals surface area contributed by atoms with Gasteiger partial charge in [0.2, 0.25) is 0 Å². The van der Waals surface area contributed by atoms with Crippen LogP contribution >= 0.6 is 0 Å². The van der Waals surface area contributed by atoms with Gasteiger partial charge in [-0.1, -0.05) is 30.3 Å². The van der Waals surface area contributed by atoms with E-state index in [9.17, 15) is 0 Å². The van der Waals surface area contributed by atoms with Gasteiger partial charge < -0.3 is 10.6 Å². The summed E-state index contributed by atoms with van der Waals surface area (Å²) >= 11 is 0. The van der Waals surface area contributed by atoms with Crippen LogP contribution in [0.25, 0.3) is 0 Å². The van der Waals surface area contributed by atoms with Gasteiger partial charge in [-0.05, 0) is 42.1 Å². The number of nitrogens with two attached hydrogens (primary N) is 1. The Labute approximate surface area is 114 Å². The molecule has 0 saturated carbocycles. The topological polar surface area (TPSA) is 42.1 Å². The Balaban J connectivity index is 1.89. The normalized spacial score (nSPS) is 14.3. The van der Waals surface area contributed by atoms with Crippen molar-refractivity contribution in [3.8, 4) is 0 Å². The number of nitrogens with zero attached hydrogens (tertiary/aromatic N) is 2. The summed E-state index contributed by atoms with van der Waals surface area (Å²) in [5, 5.41) is 0. The SMILES string of the molecule is NCCc1cccnc1N1CCc2ccccc2C1. The lowest BCUT2D eigenvalue weighted by Crippen LogP contribution is -2.32. The van der Waals surface area contributed by atoms with Crippen LogP contribution in [0.15, 0.2) is 42.6 Å². The van der Waals surface area contributed by atoms with Crippen molar-refractivity contribution in [2.45, 2.75) is 19.4 Å². The molecule has 1 aliphatic rings. The number of hydrogen-bond acceptors (Lipinski definition) is 3. The first-order valence-corrected chi connectivity index (χ1v) is 6.84. The molecule has 0 fully saturated rings. The maximum Gasteiger partial charge on any atom is 0.132 e. The van der Waals surface area contributed by atoms with Crippen LogP contribution in [0.4, 0.5) is 5.82 Å². The van der Waals surface area contributed by atoms with Gasteiger partial charge in [-0.15, -0.1) is 0 Å². The number of benzene rings is 1. The predicted molar refractivity (Wildman–Crippen MR) is 78.2 cm³/mol. The molecule has 2 N–H and O–H groups in total. The van der Waals surface area contributed by atoms with Crippen molar-refractivity contribution in [1.29, 1.82) is 0 Å². The van der Waals surface area contributed by atoms with Crippen LogP contribution in [-0.2, 0) is 19.4 Å². The number of hydrogen-bond donors (Lipinski definition) is 1. The van der Waals surface area contributed by atoms with Crippen molar-refractivity contribution < 1.29 is 0 Å². The van der Waals surface area contributed by atoms with E-state index in [1.54, 1.807) is 0 Å². The van der Waals surface area contributed by atoms with E-state index in [4.69, 9.17) is 5.73 Å². The van der Waals surface area contributed by atoms with Crippen molar-refractivity contribution >= 4 is 5.82 Å². The Morgan fingerprint density at radius 1 is 1.11 bits per heavy atom. The van der Waals surface area contributed by atoms with E-state index in [1.165, 1.54) is 16.7 Å². The zero-order chi connectivity index (χ0) is 13.1. The summed E-state index contributed by atoms with van der Waals surface area (Å²) in [6.45, 7) is 2.65. The Bertz CT molecular complexity index is 565. The van der Waals surface area contributed by atoms with E-state index >= 15 is 0 Å². The van der Waals surface area contributed by atoms with Crippen LogP contribution in [0.3, 0.4) is 0 Å². The van der Waals surface area contributed by atoms with Crippen LogP contribution in [-0.4, -0.2) is 18.1 Å². The Morgan fingerprint density at radius 3 is 2.79 bits per heavy atom.